The van der Waals surface area contributed by atoms with Gasteiger partial charge in [0.05, 0.1) is 0 Å². The Morgan fingerprint density at radius 1 is 1.14 bits per heavy atom. The van der Waals surface area contributed by atoms with E-state index < -0.39 is 0 Å². The number of likely N-dealkylation sites (tertiary alicyclic amines) is 1. The lowest BCUT2D eigenvalue weighted by molar-refractivity contribution is 0.199. The minimum Gasteiger partial charge on any atom is -0.492 e. The minimum absolute atomic E-state index is 0.235. The summed E-state index contributed by atoms with van der Waals surface area (Å²) in [4.78, 5) is 13.6. The average molecular weight is 489 g/mol. The molecule has 0 spiro atoms. The van der Waals surface area contributed by atoms with Crippen molar-refractivity contribution in [3.05, 3.63) is 53.6 Å². The van der Waals surface area contributed by atoms with Crippen LogP contribution in [-0.4, -0.2) is 63.7 Å². The molecule has 0 radical (unpaired) electrons. The Bertz CT molecular complexity index is 1150. The summed E-state index contributed by atoms with van der Waals surface area (Å²) >= 11 is 0. The molecule has 192 valence electrons. The van der Waals surface area contributed by atoms with Gasteiger partial charge in [0, 0.05) is 36.9 Å². The lowest BCUT2D eigenvalue weighted by Crippen LogP contribution is -2.33. The number of benzene rings is 1. The van der Waals surface area contributed by atoms with Crippen molar-refractivity contribution in [2.24, 2.45) is 5.92 Å². The van der Waals surface area contributed by atoms with Crippen molar-refractivity contribution in [3.8, 4) is 11.8 Å². The second-order valence-electron chi connectivity index (χ2n) is 10.2. The number of likely N-dealkylation sites (N-methyl/N-ethyl adjacent to an activating group) is 1. The van der Waals surface area contributed by atoms with Gasteiger partial charge < -0.3 is 14.2 Å². The van der Waals surface area contributed by atoms with E-state index in [0.717, 1.165) is 82.0 Å². The maximum absolute atomic E-state index is 9.25. The number of nitriles is 1. The molecular formula is C29H40N6O. The highest BCUT2D eigenvalue weighted by Gasteiger charge is 2.22. The number of nitrogens with zero attached hydrogens (tertiary/aromatic N) is 6. The summed E-state index contributed by atoms with van der Waals surface area (Å²) in [6.45, 7) is 16.6. The lowest BCUT2D eigenvalue weighted by Gasteiger charge is -2.32. The first-order valence-corrected chi connectivity index (χ1v) is 13.4. The molecule has 36 heavy (non-hydrogen) atoms. The van der Waals surface area contributed by atoms with Gasteiger partial charge in [0.15, 0.2) is 0 Å². The van der Waals surface area contributed by atoms with Crippen molar-refractivity contribution in [2.45, 2.75) is 59.5 Å². The quantitative estimate of drug-likeness (QED) is 0.376. The number of aromatic nitrogens is 3. The molecule has 0 unspecified atom stereocenters. The van der Waals surface area contributed by atoms with Crippen LogP contribution in [0.1, 0.15) is 63.5 Å². The zero-order chi connectivity index (χ0) is 25.5. The zero-order valence-electron chi connectivity index (χ0n) is 22.3. The maximum atomic E-state index is 9.25. The van der Waals surface area contributed by atoms with Crippen LogP contribution in [0, 0.1) is 17.2 Å². The van der Waals surface area contributed by atoms with E-state index in [9.17, 15) is 5.26 Å². The molecule has 2 aromatic heterocycles. The van der Waals surface area contributed by atoms with Gasteiger partial charge in [-0.2, -0.15) is 5.26 Å². The summed E-state index contributed by atoms with van der Waals surface area (Å²) in [5.41, 5.74) is 3.55. The number of ether oxygens (including phenoxy) is 1. The molecule has 0 aliphatic carbocycles. The Labute approximate surface area is 215 Å². The molecule has 4 rings (SSSR count). The molecule has 7 heteroatoms. The zero-order valence-corrected chi connectivity index (χ0v) is 22.3. The standard InChI is InChI=1S/C29H40N6O/c1-5-33(6-2)15-16-36-27-9-7-23(8-10-27)24-11-13-34(14-12-24)21-26-17-25-19-31-28(18-30)32-29(25)35(26)20-22(3)4/h7-10,17,19,22,24H,5-6,11-16,20-21H2,1-4H3. The molecule has 1 fully saturated rings. The molecule has 0 bridgehead atoms. The second kappa shape index (κ2) is 12.3. The van der Waals surface area contributed by atoms with Gasteiger partial charge >= 0.3 is 0 Å². The van der Waals surface area contributed by atoms with Gasteiger partial charge in [-0.25, -0.2) is 9.97 Å². The fourth-order valence-corrected chi connectivity index (χ4v) is 5.17. The Morgan fingerprint density at radius 2 is 1.86 bits per heavy atom. The summed E-state index contributed by atoms with van der Waals surface area (Å²) in [5.74, 6) is 2.29. The molecule has 1 aromatic carbocycles. The molecule has 7 nitrogen and oxygen atoms in total. The van der Waals surface area contributed by atoms with Crippen LogP contribution < -0.4 is 4.74 Å². The molecule has 0 N–H and O–H groups in total. The number of piperidine rings is 1. The van der Waals surface area contributed by atoms with E-state index >= 15 is 0 Å². The van der Waals surface area contributed by atoms with Gasteiger partial charge in [0.2, 0.25) is 5.82 Å². The number of fused-ring (bicyclic) bond motifs is 1. The Morgan fingerprint density at radius 3 is 2.50 bits per heavy atom. The van der Waals surface area contributed by atoms with Crippen LogP contribution >= 0.6 is 0 Å². The normalized spacial score (nSPS) is 15.1. The molecule has 0 amide bonds. The van der Waals surface area contributed by atoms with Crippen molar-refractivity contribution in [1.29, 1.82) is 5.26 Å². The highest BCUT2D eigenvalue weighted by molar-refractivity contribution is 5.76. The fourth-order valence-electron chi connectivity index (χ4n) is 5.17. The van der Waals surface area contributed by atoms with Crippen molar-refractivity contribution in [2.75, 3.05) is 39.3 Å². The first-order chi connectivity index (χ1) is 17.5. The van der Waals surface area contributed by atoms with Crippen LogP contribution in [0.3, 0.4) is 0 Å². The van der Waals surface area contributed by atoms with E-state index in [1.54, 1.807) is 6.20 Å². The van der Waals surface area contributed by atoms with Crippen LogP contribution in [-0.2, 0) is 13.1 Å². The molecule has 3 heterocycles. The van der Waals surface area contributed by atoms with Crippen molar-refractivity contribution < 1.29 is 4.74 Å². The van der Waals surface area contributed by atoms with Crippen LogP contribution in [0.5, 0.6) is 5.75 Å². The topological polar surface area (TPSA) is 70.2 Å². The smallest absolute Gasteiger partial charge is 0.234 e. The Hall–Kier alpha value is -2.95. The number of hydrogen-bond donors (Lipinski definition) is 0. The molecule has 0 atom stereocenters. The van der Waals surface area contributed by atoms with E-state index in [0.29, 0.717) is 11.8 Å². The number of rotatable bonds is 11. The second-order valence-corrected chi connectivity index (χ2v) is 10.2. The van der Waals surface area contributed by atoms with Crippen LogP contribution in [0.25, 0.3) is 11.0 Å². The van der Waals surface area contributed by atoms with E-state index in [2.05, 4.69) is 88.4 Å². The summed E-state index contributed by atoms with van der Waals surface area (Å²) in [5, 5.41) is 10.3. The van der Waals surface area contributed by atoms with E-state index in [-0.39, 0.29) is 5.82 Å². The van der Waals surface area contributed by atoms with Gasteiger partial charge in [0.1, 0.15) is 24.1 Å². The summed E-state index contributed by atoms with van der Waals surface area (Å²) < 4.78 is 8.25. The molecule has 1 aliphatic heterocycles. The first kappa shape index (κ1) is 26.1. The van der Waals surface area contributed by atoms with Crippen LogP contribution in [0.2, 0.25) is 0 Å². The fraction of sp³-hybridized carbons (Fsp3) is 0.552. The predicted molar refractivity (Wildman–Crippen MR) is 144 cm³/mol. The molecule has 1 aliphatic rings. The largest absolute Gasteiger partial charge is 0.492 e. The predicted octanol–water partition coefficient (Wildman–Crippen LogP) is 5.06. The van der Waals surface area contributed by atoms with Gasteiger partial charge in [-0.05, 0) is 74.6 Å². The van der Waals surface area contributed by atoms with Crippen LogP contribution in [0.4, 0.5) is 0 Å². The van der Waals surface area contributed by atoms with Crippen molar-refractivity contribution in [3.63, 3.8) is 0 Å². The van der Waals surface area contributed by atoms with Crippen molar-refractivity contribution >= 4 is 11.0 Å². The SMILES string of the molecule is CCN(CC)CCOc1ccc(C2CCN(Cc3cc4cnc(C#N)nc4n3CC(C)C)CC2)cc1. The third kappa shape index (κ3) is 6.43. The molecular weight excluding hydrogens is 448 g/mol. The van der Waals surface area contributed by atoms with E-state index in [4.69, 9.17) is 4.74 Å². The van der Waals surface area contributed by atoms with Gasteiger partial charge in [-0.15, -0.1) is 0 Å². The molecule has 3 aromatic rings. The third-order valence-corrected chi connectivity index (χ3v) is 7.26. The minimum atomic E-state index is 0.235. The van der Waals surface area contributed by atoms with Gasteiger partial charge in [0.25, 0.3) is 0 Å². The monoisotopic (exact) mass is 488 g/mol. The lowest BCUT2D eigenvalue weighted by atomic mass is 9.89. The summed E-state index contributed by atoms with van der Waals surface area (Å²) in [7, 11) is 0. The maximum Gasteiger partial charge on any atom is 0.234 e. The Kier molecular flexibility index (Phi) is 8.95. The highest BCUT2D eigenvalue weighted by atomic mass is 16.5. The molecule has 0 saturated carbocycles. The van der Waals surface area contributed by atoms with E-state index in [1.807, 2.05) is 0 Å². The van der Waals surface area contributed by atoms with Gasteiger partial charge in [-0.1, -0.05) is 39.8 Å². The highest BCUT2D eigenvalue weighted by Crippen LogP contribution is 2.30. The van der Waals surface area contributed by atoms with E-state index in [1.165, 1.54) is 11.3 Å². The number of hydrogen-bond acceptors (Lipinski definition) is 6. The third-order valence-electron chi connectivity index (χ3n) is 7.26. The van der Waals surface area contributed by atoms with Gasteiger partial charge in [-0.3, -0.25) is 4.90 Å². The molecule has 1 saturated heterocycles. The first-order valence-electron chi connectivity index (χ1n) is 13.4. The summed E-state index contributed by atoms with van der Waals surface area (Å²) in [6, 6.07) is 13.0. The van der Waals surface area contributed by atoms with Crippen LogP contribution in [0.15, 0.2) is 36.5 Å². The van der Waals surface area contributed by atoms with Crippen molar-refractivity contribution in [1.82, 2.24) is 24.3 Å². The Balaban J connectivity index is 1.34. The average Bonchev–Trinajstić information content (AvgIpc) is 3.22. The summed E-state index contributed by atoms with van der Waals surface area (Å²) in [6.07, 6.45) is 4.10.